The lowest BCUT2D eigenvalue weighted by molar-refractivity contribution is 0.298. The second-order valence-electron chi connectivity index (χ2n) is 2.54. The largest absolute Gasteiger partial charge is 0.525 e. The molecule has 0 aliphatic rings. The van der Waals surface area contributed by atoms with E-state index in [4.69, 9.17) is 8.85 Å². The Kier molecular flexibility index (Phi) is 4.29. The summed E-state index contributed by atoms with van der Waals surface area (Å²) in [5.41, 5.74) is 1.02. The summed E-state index contributed by atoms with van der Waals surface area (Å²) < 4.78 is 10.6. The zero-order valence-electron chi connectivity index (χ0n) is 7.82. The van der Waals surface area contributed by atoms with Crippen LogP contribution in [-0.2, 0) is 8.85 Å². The fraction of sp³-hybridized carbons (Fsp3) is 0.200. The minimum Gasteiger partial charge on any atom is -0.525 e. The van der Waals surface area contributed by atoms with E-state index < -0.39 is 10.0 Å². The summed E-state index contributed by atoms with van der Waals surface area (Å²) in [6.07, 6.45) is 0. The molecule has 0 amide bonds. The number of hydrogen-bond donors (Lipinski definition) is 0. The lowest BCUT2D eigenvalue weighted by atomic mass is 10.2. The van der Waals surface area contributed by atoms with Crippen LogP contribution in [0.3, 0.4) is 0 Å². The van der Waals surface area contributed by atoms with Crippen molar-refractivity contribution in [1.82, 2.24) is 0 Å². The lowest BCUT2D eigenvalue weighted by Gasteiger charge is -2.08. The highest BCUT2D eigenvalue weighted by atomic mass is 28.3. The summed E-state index contributed by atoms with van der Waals surface area (Å²) in [5.74, 6) is 0.709. The monoisotopic (exact) mass is 194 g/mol. The van der Waals surface area contributed by atoms with E-state index in [-0.39, 0.29) is 0 Å². The molecule has 0 heterocycles. The van der Waals surface area contributed by atoms with Crippen molar-refractivity contribution < 1.29 is 8.85 Å². The van der Waals surface area contributed by atoms with Crippen LogP contribution in [0.15, 0.2) is 36.9 Å². The molecular weight excluding hydrogens is 180 g/mol. The van der Waals surface area contributed by atoms with Gasteiger partial charge < -0.3 is 8.85 Å². The summed E-state index contributed by atoms with van der Waals surface area (Å²) >= 11 is 0. The lowest BCUT2D eigenvalue weighted by Crippen LogP contribution is -2.02. The molecule has 3 heteroatoms. The van der Waals surface area contributed by atoms with Gasteiger partial charge in [-0.3, -0.25) is 0 Å². The summed E-state index contributed by atoms with van der Waals surface area (Å²) in [6.45, 7) is 6.51. The summed E-state index contributed by atoms with van der Waals surface area (Å²) in [7, 11) is -0.880. The Morgan fingerprint density at radius 1 is 1.38 bits per heavy atom. The van der Waals surface area contributed by atoms with Crippen molar-refractivity contribution in [1.29, 1.82) is 0 Å². The Morgan fingerprint density at radius 3 is 2.69 bits per heavy atom. The Balaban J connectivity index is 2.40. The molecule has 0 atom stereocenters. The van der Waals surface area contributed by atoms with Crippen molar-refractivity contribution in [2.45, 2.75) is 6.92 Å². The van der Waals surface area contributed by atoms with Crippen molar-refractivity contribution in [2.24, 2.45) is 0 Å². The van der Waals surface area contributed by atoms with Gasteiger partial charge in [-0.1, -0.05) is 36.9 Å². The third-order valence-electron chi connectivity index (χ3n) is 1.62. The number of hydrogen-bond acceptors (Lipinski definition) is 2. The van der Waals surface area contributed by atoms with E-state index in [0.717, 1.165) is 5.56 Å². The van der Waals surface area contributed by atoms with Gasteiger partial charge in [-0.15, -0.1) is 0 Å². The van der Waals surface area contributed by atoms with E-state index in [0.29, 0.717) is 12.4 Å². The highest BCUT2D eigenvalue weighted by Crippen LogP contribution is 2.11. The first-order valence-electron chi connectivity index (χ1n) is 4.29. The molecule has 0 N–H and O–H groups in total. The number of benzene rings is 1. The third-order valence-corrected chi connectivity index (χ3v) is 2.66. The maximum absolute atomic E-state index is 5.39. The van der Waals surface area contributed by atoms with Crippen molar-refractivity contribution in [3.8, 4) is 0 Å². The van der Waals surface area contributed by atoms with Gasteiger partial charge in [0.15, 0.2) is 0 Å². The molecule has 1 aromatic carbocycles. The predicted octanol–water partition coefficient (Wildman–Crippen LogP) is 1.71. The Labute approximate surface area is 81.2 Å². The second kappa shape index (κ2) is 5.56. The normalized spacial score (nSPS) is 10.5. The highest BCUT2D eigenvalue weighted by molar-refractivity contribution is 6.20. The van der Waals surface area contributed by atoms with Gasteiger partial charge in [0.2, 0.25) is 0 Å². The standard InChI is InChI=1S/C10H14O2Si/c1-3-11-13-12-9(2)10-7-5-4-6-8-10/h4-8H,2-3,13H2,1H3. The molecule has 0 fully saturated rings. The van der Waals surface area contributed by atoms with Gasteiger partial charge in [-0.2, -0.15) is 0 Å². The Hall–Kier alpha value is -1.06. The van der Waals surface area contributed by atoms with E-state index in [1.807, 2.05) is 37.3 Å². The molecule has 70 valence electrons. The maximum Gasteiger partial charge on any atom is 0.365 e. The van der Waals surface area contributed by atoms with Crippen LogP contribution in [0.1, 0.15) is 12.5 Å². The van der Waals surface area contributed by atoms with E-state index in [9.17, 15) is 0 Å². The fourth-order valence-electron chi connectivity index (χ4n) is 0.904. The van der Waals surface area contributed by atoms with Gasteiger partial charge in [0, 0.05) is 12.2 Å². The van der Waals surface area contributed by atoms with Gasteiger partial charge >= 0.3 is 10.0 Å². The third kappa shape index (κ3) is 3.44. The molecule has 0 bridgehead atoms. The average Bonchev–Trinajstić information content (AvgIpc) is 2.19. The quantitative estimate of drug-likeness (QED) is 0.403. The van der Waals surface area contributed by atoms with E-state index in [2.05, 4.69) is 6.58 Å². The van der Waals surface area contributed by atoms with Crippen LogP contribution in [0.5, 0.6) is 0 Å². The van der Waals surface area contributed by atoms with Gasteiger partial charge in [0.05, 0.1) is 0 Å². The summed E-state index contributed by atoms with van der Waals surface area (Å²) in [5, 5.41) is 0. The minimum absolute atomic E-state index is 0.709. The molecule has 1 aromatic rings. The van der Waals surface area contributed by atoms with E-state index >= 15 is 0 Å². The molecule has 0 saturated heterocycles. The van der Waals surface area contributed by atoms with Gasteiger partial charge in [0.25, 0.3) is 0 Å². The SMILES string of the molecule is C=C(O[SiH2]OCC)c1ccccc1. The molecule has 2 nitrogen and oxygen atoms in total. The highest BCUT2D eigenvalue weighted by Gasteiger charge is 1.97. The van der Waals surface area contributed by atoms with Crippen LogP contribution in [0, 0.1) is 0 Å². The van der Waals surface area contributed by atoms with Crippen LogP contribution >= 0.6 is 0 Å². The zero-order chi connectivity index (χ0) is 9.52. The number of rotatable bonds is 5. The second-order valence-corrected chi connectivity index (χ2v) is 3.48. The molecule has 1 rings (SSSR count). The smallest absolute Gasteiger partial charge is 0.365 e. The molecular formula is C10H14O2Si. The molecule has 0 saturated carbocycles. The molecule has 0 aliphatic carbocycles. The molecule has 0 aliphatic heterocycles. The summed E-state index contributed by atoms with van der Waals surface area (Å²) in [6, 6.07) is 9.85. The zero-order valence-corrected chi connectivity index (χ0v) is 9.24. The maximum atomic E-state index is 5.39. The first kappa shape index (κ1) is 10.0. The van der Waals surface area contributed by atoms with Crippen LogP contribution < -0.4 is 0 Å². The van der Waals surface area contributed by atoms with Crippen molar-refractivity contribution in [2.75, 3.05) is 6.61 Å². The van der Waals surface area contributed by atoms with Gasteiger partial charge in [-0.05, 0) is 6.92 Å². The molecule has 0 unspecified atom stereocenters. The van der Waals surface area contributed by atoms with Crippen LogP contribution in [0.2, 0.25) is 0 Å². The predicted molar refractivity (Wildman–Crippen MR) is 56.7 cm³/mol. The fourth-order valence-corrected chi connectivity index (χ4v) is 1.46. The molecule has 0 aromatic heterocycles. The van der Waals surface area contributed by atoms with E-state index in [1.54, 1.807) is 0 Å². The van der Waals surface area contributed by atoms with Gasteiger partial charge in [-0.25, -0.2) is 0 Å². The van der Waals surface area contributed by atoms with Crippen LogP contribution in [0.25, 0.3) is 5.76 Å². The topological polar surface area (TPSA) is 18.5 Å². The van der Waals surface area contributed by atoms with Crippen molar-refractivity contribution >= 4 is 15.8 Å². The molecule has 0 radical (unpaired) electrons. The molecule has 0 spiro atoms. The van der Waals surface area contributed by atoms with Crippen molar-refractivity contribution in [3.05, 3.63) is 42.5 Å². The van der Waals surface area contributed by atoms with Crippen molar-refractivity contribution in [3.63, 3.8) is 0 Å². The minimum atomic E-state index is -0.880. The van der Waals surface area contributed by atoms with Gasteiger partial charge in [0.1, 0.15) is 5.76 Å². The Bertz CT molecular complexity index is 259. The van der Waals surface area contributed by atoms with E-state index in [1.165, 1.54) is 0 Å². The van der Waals surface area contributed by atoms with Crippen LogP contribution in [0.4, 0.5) is 0 Å². The van der Waals surface area contributed by atoms with Crippen LogP contribution in [-0.4, -0.2) is 16.6 Å². The average molecular weight is 194 g/mol. The Morgan fingerprint density at radius 2 is 2.08 bits per heavy atom. The summed E-state index contributed by atoms with van der Waals surface area (Å²) in [4.78, 5) is 0. The first-order valence-corrected chi connectivity index (χ1v) is 5.45. The first-order chi connectivity index (χ1) is 6.34. The molecule has 13 heavy (non-hydrogen) atoms.